The number of rotatable bonds is 1. The van der Waals surface area contributed by atoms with E-state index in [1.165, 1.54) is 6.42 Å². The van der Waals surface area contributed by atoms with Gasteiger partial charge in [-0.2, -0.15) is 0 Å². The van der Waals surface area contributed by atoms with Crippen LogP contribution >= 0.6 is 0 Å². The van der Waals surface area contributed by atoms with Crippen molar-refractivity contribution in [2.24, 2.45) is 34.0 Å². The van der Waals surface area contributed by atoms with Gasteiger partial charge in [0.1, 0.15) is 5.78 Å². The zero-order valence-corrected chi connectivity index (χ0v) is 14.9. The van der Waals surface area contributed by atoms with Crippen molar-refractivity contribution in [2.45, 2.75) is 77.7 Å². The van der Waals surface area contributed by atoms with E-state index >= 15 is 0 Å². The van der Waals surface area contributed by atoms with E-state index in [1.807, 2.05) is 0 Å². The molecule has 2 bridgehead atoms. The van der Waals surface area contributed by atoms with Gasteiger partial charge in [0.05, 0.1) is 12.2 Å². The third-order valence-corrected chi connectivity index (χ3v) is 8.89. The van der Waals surface area contributed by atoms with Crippen molar-refractivity contribution >= 4 is 5.78 Å². The van der Waals surface area contributed by atoms with Gasteiger partial charge >= 0.3 is 0 Å². The van der Waals surface area contributed by atoms with Gasteiger partial charge in [-0.15, -0.1) is 0 Å². The fourth-order valence-corrected chi connectivity index (χ4v) is 7.83. The van der Waals surface area contributed by atoms with Crippen LogP contribution in [0.25, 0.3) is 0 Å². The Kier molecular flexibility index (Phi) is 3.22. The number of hydrogen-bond donors (Lipinski definition) is 2. The molecule has 4 saturated carbocycles. The summed E-state index contributed by atoms with van der Waals surface area (Å²) in [5.41, 5.74) is -0.612. The van der Waals surface area contributed by atoms with E-state index < -0.39 is 5.60 Å². The third-order valence-electron chi connectivity index (χ3n) is 8.89. The molecule has 2 N–H and O–H groups in total. The van der Waals surface area contributed by atoms with Crippen LogP contribution in [0.5, 0.6) is 0 Å². The highest BCUT2D eigenvalue weighted by Crippen LogP contribution is 2.72. The number of ketones is 1. The lowest BCUT2D eigenvalue weighted by molar-refractivity contribution is -0.165. The standard InChI is InChI=1S/C20H32O3/c1-17(2)14-6-9-19-10-13(20(23,11-19)12-21)4-5-15(19)18(14,3)8-7-16(17)22/h13-15,21,23H,4-12H2,1-3H3/t13-,14+,15-,18-,19+,20+/m1/s1. The minimum absolute atomic E-state index is 0.0870. The molecule has 0 aromatic heterocycles. The molecule has 4 aliphatic carbocycles. The largest absolute Gasteiger partial charge is 0.393 e. The van der Waals surface area contributed by atoms with Crippen molar-refractivity contribution in [2.75, 3.05) is 6.61 Å². The minimum Gasteiger partial charge on any atom is -0.393 e. The smallest absolute Gasteiger partial charge is 0.138 e. The van der Waals surface area contributed by atoms with E-state index in [9.17, 15) is 15.0 Å². The van der Waals surface area contributed by atoms with Gasteiger partial charge < -0.3 is 10.2 Å². The fraction of sp³-hybridized carbons (Fsp3) is 0.950. The number of carbonyl (C=O) groups excluding carboxylic acids is 1. The summed E-state index contributed by atoms with van der Waals surface area (Å²) in [6.07, 6.45) is 8.07. The number of fused-ring (bicyclic) bond motifs is 3. The number of aliphatic hydroxyl groups is 2. The molecule has 0 unspecified atom stereocenters. The Bertz CT molecular complexity index is 541. The Labute approximate surface area is 139 Å². The predicted molar refractivity (Wildman–Crippen MR) is 88.8 cm³/mol. The number of carbonyl (C=O) groups is 1. The highest BCUT2D eigenvalue weighted by molar-refractivity contribution is 5.85. The van der Waals surface area contributed by atoms with Crippen LogP contribution in [0.1, 0.15) is 72.1 Å². The number of hydrogen-bond acceptors (Lipinski definition) is 3. The van der Waals surface area contributed by atoms with E-state index in [-0.39, 0.29) is 28.8 Å². The Morgan fingerprint density at radius 2 is 1.83 bits per heavy atom. The average molecular weight is 320 g/mol. The van der Waals surface area contributed by atoms with E-state index in [2.05, 4.69) is 20.8 Å². The van der Waals surface area contributed by atoms with E-state index in [0.717, 1.165) is 44.9 Å². The molecular formula is C20H32O3. The van der Waals surface area contributed by atoms with Gasteiger partial charge in [0.2, 0.25) is 0 Å². The first kappa shape index (κ1) is 16.1. The Balaban J connectivity index is 1.73. The molecule has 1 spiro atoms. The molecular weight excluding hydrogens is 288 g/mol. The quantitative estimate of drug-likeness (QED) is 0.779. The third kappa shape index (κ3) is 1.87. The second kappa shape index (κ2) is 4.60. The van der Waals surface area contributed by atoms with Crippen molar-refractivity contribution < 1.29 is 15.0 Å². The van der Waals surface area contributed by atoms with E-state index in [4.69, 9.17) is 0 Å². The molecule has 4 fully saturated rings. The molecule has 0 saturated heterocycles. The molecule has 0 amide bonds. The lowest BCUT2D eigenvalue weighted by atomic mass is 9.41. The molecule has 4 rings (SSSR count). The molecule has 0 heterocycles. The first-order valence-corrected chi connectivity index (χ1v) is 9.55. The highest BCUT2D eigenvalue weighted by Gasteiger charge is 2.67. The van der Waals surface area contributed by atoms with Gasteiger partial charge in [-0.1, -0.05) is 20.8 Å². The van der Waals surface area contributed by atoms with Crippen LogP contribution in [0.15, 0.2) is 0 Å². The normalized spacial score (nSPS) is 54.5. The monoisotopic (exact) mass is 320 g/mol. The van der Waals surface area contributed by atoms with Crippen LogP contribution in [0, 0.1) is 34.0 Å². The number of Topliss-reactive ketones (excluding diaryl/α,β-unsaturated/α-hetero) is 1. The Hall–Kier alpha value is -0.410. The van der Waals surface area contributed by atoms with Gasteiger partial charge in [-0.25, -0.2) is 0 Å². The second-order valence-corrected chi connectivity index (χ2v) is 10.1. The van der Waals surface area contributed by atoms with Crippen molar-refractivity contribution in [3.8, 4) is 0 Å². The maximum Gasteiger partial charge on any atom is 0.138 e. The zero-order chi connectivity index (χ0) is 16.7. The van der Waals surface area contributed by atoms with Crippen molar-refractivity contribution in [3.05, 3.63) is 0 Å². The molecule has 0 aromatic carbocycles. The van der Waals surface area contributed by atoms with Gasteiger partial charge in [-0.05, 0) is 73.5 Å². The van der Waals surface area contributed by atoms with Crippen molar-refractivity contribution in [1.82, 2.24) is 0 Å². The van der Waals surface area contributed by atoms with Gasteiger partial charge in [0.25, 0.3) is 0 Å². The summed E-state index contributed by atoms with van der Waals surface area (Å²) in [5, 5.41) is 20.7. The van der Waals surface area contributed by atoms with E-state index in [0.29, 0.717) is 17.6 Å². The summed E-state index contributed by atoms with van der Waals surface area (Å²) in [6.45, 7) is 6.68. The first-order valence-electron chi connectivity index (χ1n) is 9.55. The van der Waals surface area contributed by atoms with Gasteiger partial charge in [0, 0.05) is 11.8 Å². The van der Waals surface area contributed by atoms with Crippen molar-refractivity contribution in [1.29, 1.82) is 0 Å². The topological polar surface area (TPSA) is 57.5 Å². The summed E-state index contributed by atoms with van der Waals surface area (Å²) < 4.78 is 0. The van der Waals surface area contributed by atoms with Crippen LogP contribution in [0.4, 0.5) is 0 Å². The minimum atomic E-state index is -0.849. The van der Waals surface area contributed by atoms with Crippen LogP contribution in [-0.4, -0.2) is 28.2 Å². The summed E-state index contributed by atoms with van der Waals surface area (Å²) in [5.74, 6) is 1.81. The number of aliphatic hydroxyl groups excluding tert-OH is 1. The van der Waals surface area contributed by atoms with Crippen LogP contribution in [-0.2, 0) is 4.79 Å². The molecule has 6 atom stereocenters. The fourth-order valence-electron chi connectivity index (χ4n) is 7.83. The van der Waals surface area contributed by atoms with Crippen molar-refractivity contribution in [3.63, 3.8) is 0 Å². The second-order valence-electron chi connectivity index (χ2n) is 10.1. The van der Waals surface area contributed by atoms with Crippen LogP contribution < -0.4 is 0 Å². The zero-order valence-electron chi connectivity index (χ0n) is 14.9. The maximum atomic E-state index is 12.5. The molecule has 3 nitrogen and oxygen atoms in total. The lowest BCUT2D eigenvalue weighted by Crippen LogP contribution is -2.58. The highest BCUT2D eigenvalue weighted by atomic mass is 16.3. The summed E-state index contributed by atoms with van der Waals surface area (Å²) in [4.78, 5) is 12.5. The molecule has 3 heteroatoms. The molecule has 130 valence electrons. The molecule has 4 aliphatic rings. The van der Waals surface area contributed by atoms with Gasteiger partial charge in [0.15, 0.2) is 0 Å². The maximum absolute atomic E-state index is 12.5. The van der Waals surface area contributed by atoms with Crippen LogP contribution in [0.3, 0.4) is 0 Å². The Morgan fingerprint density at radius 1 is 1.09 bits per heavy atom. The van der Waals surface area contributed by atoms with Crippen LogP contribution in [0.2, 0.25) is 0 Å². The summed E-state index contributed by atoms with van der Waals surface area (Å²) in [7, 11) is 0. The molecule has 0 aromatic rings. The molecule has 23 heavy (non-hydrogen) atoms. The summed E-state index contributed by atoms with van der Waals surface area (Å²) in [6, 6.07) is 0. The Morgan fingerprint density at radius 3 is 2.52 bits per heavy atom. The van der Waals surface area contributed by atoms with E-state index in [1.54, 1.807) is 0 Å². The molecule has 0 aliphatic heterocycles. The average Bonchev–Trinajstić information content (AvgIpc) is 2.70. The lowest BCUT2D eigenvalue weighted by Gasteiger charge is -2.63. The molecule has 0 radical (unpaired) electrons. The SMILES string of the molecule is CC1(C)C(=O)CC[C@]2(C)[C@H]1CC[C@@]13C[C@@H](CC[C@@H]12)[C@@](O)(CO)C3. The van der Waals surface area contributed by atoms with Gasteiger partial charge in [-0.3, -0.25) is 4.79 Å². The first-order chi connectivity index (χ1) is 10.7. The summed E-state index contributed by atoms with van der Waals surface area (Å²) >= 11 is 0. The predicted octanol–water partition coefficient (Wildman–Crippen LogP) is 3.32.